The number of ether oxygens (including phenoxy) is 1. The summed E-state index contributed by atoms with van der Waals surface area (Å²) in [6.45, 7) is 4.31. The van der Waals surface area contributed by atoms with Crippen molar-refractivity contribution in [3.63, 3.8) is 0 Å². The Kier molecular flexibility index (Phi) is 5.11. The van der Waals surface area contributed by atoms with Crippen molar-refractivity contribution in [3.8, 4) is 0 Å². The molecule has 0 atom stereocenters. The lowest BCUT2D eigenvalue weighted by Gasteiger charge is -2.08. The predicted molar refractivity (Wildman–Crippen MR) is 83.0 cm³/mol. The quantitative estimate of drug-likeness (QED) is 0.632. The van der Waals surface area contributed by atoms with Crippen LogP contribution >= 0.6 is 15.9 Å². The van der Waals surface area contributed by atoms with E-state index in [2.05, 4.69) is 36.3 Å². The van der Waals surface area contributed by atoms with Crippen LogP contribution in [0.5, 0.6) is 0 Å². The van der Waals surface area contributed by atoms with Gasteiger partial charge in [0.1, 0.15) is 16.7 Å². The van der Waals surface area contributed by atoms with Gasteiger partial charge in [-0.3, -0.25) is 4.79 Å². The number of nitrogens with one attached hydrogen (secondary N) is 1. The molecular weight excluding hydrogens is 338 g/mol. The zero-order valence-corrected chi connectivity index (χ0v) is 13.8. The smallest absolute Gasteiger partial charge is 0.306 e. The van der Waals surface area contributed by atoms with Gasteiger partial charge in [0.25, 0.3) is 0 Å². The summed E-state index contributed by atoms with van der Waals surface area (Å²) in [7, 11) is 1.83. The molecule has 2 aromatic heterocycles. The van der Waals surface area contributed by atoms with E-state index >= 15 is 0 Å². The van der Waals surface area contributed by atoms with Crippen molar-refractivity contribution < 1.29 is 9.53 Å². The molecule has 0 fully saturated rings. The van der Waals surface area contributed by atoms with Gasteiger partial charge in [0, 0.05) is 20.0 Å². The Morgan fingerprint density at radius 3 is 2.95 bits per heavy atom. The van der Waals surface area contributed by atoms with Crippen LogP contribution < -0.4 is 5.32 Å². The molecule has 0 aromatic carbocycles. The number of nitrogens with zero attached hydrogens (tertiary/aromatic N) is 4. The first-order valence-corrected chi connectivity index (χ1v) is 7.55. The third-order valence-corrected chi connectivity index (χ3v) is 3.35. The molecule has 1 N–H and O–H groups in total. The van der Waals surface area contributed by atoms with E-state index in [0.29, 0.717) is 29.8 Å². The van der Waals surface area contributed by atoms with E-state index in [0.717, 1.165) is 11.0 Å². The number of hydrogen-bond donors (Lipinski definition) is 1. The maximum absolute atomic E-state index is 11.4. The van der Waals surface area contributed by atoms with Crippen LogP contribution in [-0.2, 0) is 16.6 Å². The Morgan fingerprint density at radius 1 is 1.48 bits per heavy atom. The average molecular weight is 356 g/mol. The summed E-state index contributed by atoms with van der Waals surface area (Å²) in [5.74, 6) is 0.527. The van der Waals surface area contributed by atoms with E-state index in [1.165, 1.54) is 6.33 Å². The number of aryl methyl sites for hydroxylation is 1. The number of carbonyl (C=O) groups is 1. The topological polar surface area (TPSA) is 81.9 Å². The van der Waals surface area contributed by atoms with Crippen molar-refractivity contribution >= 4 is 38.8 Å². The van der Waals surface area contributed by atoms with Gasteiger partial charge in [-0.15, -0.1) is 0 Å². The molecule has 0 unspecified atom stereocenters. The zero-order chi connectivity index (χ0) is 15.4. The minimum Gasteiger partial charge on any atom is -0.463 e. The third-order valence-electron chi connectivity index (χ3n) is 2.80. The standard InChI is InChI=1S/C13H18BrN5O2/c1-8(2)21-9(20)5-4-6-15-12-10-11(14)18-19(3)13(10)17-7-16-12/h7-8H,4-6H2,1-3H3,(H,15,16,17). The summed E-state index contributed by atoms with van der Waals surface area (Å²) in [5, 5.41) is 8.30. The minimum atomic E-state index is -0.179. The first-order valence-electron chi connectivity index (χ1n) is 6.75. The highest BCUT2D eigenvalue weighted by Crippen LogP contribution is 2.26. The highest BCUT2D eigenvalue weighted by atomic mass is 79.9. The number of carbonyl (C=O) groups excluding carboxylic acids is 1. The molecule has 0 radical (unpaired) electrons. The lowest BCUT2D eigenvalue weighted by Crippen LogP contribution is -2.13. The predicted octanol–water partition coefficient (Wildman–Crippen LogP) is 2.27. The summed E-state index contributed by atoms with van der Waals surface area (Å²) in [6, 6.07) is 0. The maximum Gasteiger partial charge on any atom is 0.306 e. The molecular formula is C13H18BrN5O2. The molecule has 8 heteroatoms. The van der Waals surface area contributed by atoms with Crippen LogP contribution in [0.1, 0.15) is 26.7 Å². The van der Waals surface area contributed by atoms with Crippen molar-refractivity contribution in [1.29, 1.82) is 0 Å². The van der Waals surface area contributed by atoms with E-state index in [-0.39, 0.29) is 12.1 Å². The largest absolute Gasteiger partial charge is 0.463 e. The second kappa shape index (κ2) is 6.84. The third kappa shape index (κ3) is 3.90. The lowest BCUT2D eigenvalue weighted by molar-refractivity contribution is -0.147. The summed E-state index contributed by atoms with van der Waals surface area (Å²) in [6.07, 6.45) is 2.48. The van der Waals surface area contributed by atoms with Crippen LogP contribution in [-0.4, -0.2) is 38.4 Å². The van der Waals surface area contributed by atoms with Crippen molar-refractivity contribution in [2.24, 2.45) is 7.05 Å². The molecule has 2 heterocycles. The molecule has 0 amide bonds. The number of aromatic nitrogens is 4. The summed E-state index contributed by atoms with van der Waals surface area (Å²) in [4.78, 5) is 19.9. The Bertz CT molecular complexity index is 641. The first kappa shape index (κ1) is 15.7. The van der Waals surface area contributed by atoms with Crippen molar-refractivity contribution in [3.05, 3.63) is 10.9 Å². The number of fused-ring (bicyclic) bond motifs is 1. The number of hydrogen-bond acceptors (Lipinski definition) is 6. The molecule has 0 saturated carbocycles. The maximum atomic E-state index is 11.4. The Morgan fingerprint density at radius 2 is 2.24 bits per heavy atom. The molecule has 0 saturated heterocycles. The SMILES string of the molecule is CC(C)OC(=O)CCCNc1ncnc2c1c(Br)nn2C. The van der Waals surface area contributed by atoms with Crippen LogP contribution in [0.3, 0.4) is 0 Å². The van der Waals surface area contributed by atoms with Crippen molar-refractivity contribution in [2.75, 3.05) is 11.9 Å². The number of anilines is 1. The molecule has 21 heavy (non-hydrogen) atoms. The number of halogens is 1. The number of rotatable bonds is 6. The van der Waals surface area contributed by atoms with Gasteiger partial charge in [0.15, 0.2) is 5.65 Å². The zero-order valence-electron chi connectivity index (χ0n) is 12.3. The molecule has 0 aliphatic heterocycles. The van der Waals surface area contributed by atoms with Crippen LogP contribution in [0, 0.1) is 0 Å². The molecule has 7 nitrogen and oxygen atoms in total. The van der Waals surface area contributed by atoms with E-state index in [1.54, 1.807) is 4.68 Å². The fraction of sp³-hybridized carbons (Fsp3) is 0.538. The minimum absolute atomic E-state index is 0.0710. The molecule has 0 spiro atoms. The first-order chi connectivity index (χ1) is 9.99. The normalized spacial score (nSPS) is 11.1. The fourth-order valence-electron chi connectivity index (χ4n) is 1.94. The Labute approximate surface area is 131 Å². The number of esters is 1. The van der Waals surface area contributed by atoms with Gasteiger partial charge in [-0.1, -0.05) is 0 Å². The van der Waals surface area contributed by atoms with Crippen LogP contribution in [0.4, 0.5) is 5.82 Å². The molecule has 0 aliphatic rings. The second-order valence-corrected chi connectivity index (χ2v) is 5.66. The van der Waals surface area contributed by atoms with Gasteiger partial charge < -0.3 is 10.1 Å². The van der Waals surface area contributed by atoms with Crippen molar-refractivity contribution in [1.82, 2.24) is 19.7 Å². The van der Waals surface area contributed by atoms with E-state index in [9.17, 15) is 4.79 Å². The average Bonchev–Trinajstić information content (AvgIpc) is 2.70. The van der Waals surface area contributed by atoms with E-state index < -0.39 is 0 Å². The molecule has 0 bridgehead atoms. The van der Waals surface area contributed by atoms with E-state index in [4.69, 9.17) is 4.74 Å². The van der Waals surface area contributed by atoms with E-state index in [1.807, 2.05) is 20.9 Å². The fourth-order valence-corrected chi connectivity index (χ4v) is 2.54. The van der Waals surface area contributed by atoms with Gasteiger partial charge in [0.05, 0.1) is 11.5 Å². The highest BCUT2D eigenvalue weighted by molar-refractivity contribution is 9.10. The monoisotopic (exact) mass is 355 g/mol. The summed E-state index contributed by atoms with van der Waals surface area (Å²) in [5.41, 5.74) is 0.749. The summed E-state index contributed by atoms with van der Waals surface area (Å²) >= 11 is 3.40. The lowest BCUT2D eigenvalue weighted by atomic mass is 10.3. The Hall–Kier alpha value is -1.70. The van der Waals surface area contributed by atoms with Gasteiger partial charge in [-0.2, -0.15) is 5.10 Å². The van der Waals surface area contributed by atoms with Crippen LogP contribution in [0.15, 0.2) is 10.9 Å². The Balaban J connectivity index is 1.94. The molecule has 114 valence electrons. The summed E-state index contributed by atoms with van der Waals surface area (Å²) < 4.78 is 7.47. The van der Waals surface area contributed by atoms with Crippen LogP contribution in [0.25, 0.3) is 11.0 Å². The second-order valence-electron chi connectivity index (χ2n) is 4.90. The van der Waals surface area contributed by atoms with Gasteiger partial charge in [0.2, 0.25) is 0 Å². The van der Waals surface area contributed by atoms with Crippen LogP contribution in [0.2, 0.25) is 0 Å². The van der Waals surface area contributed by atoms with Crippen molar-refractivity contribution in [2.45, 2.75) is 32.8 Å². The van der Waals surface area contributed by atoms with Gasteiger partial charge in [-0.25, -0.2) is 14.6 Å². The van der Waals surface area contributed by atoms with Gasteiger partial charge in [-0.05, 0) is 36.2 Å². The molecule has 2 aromatic rings. The molecule has 0 aliphatic carbocycles. The highest BCUT2D eigenvalue weighted by Gasteiger charge is 2.13. The molecule has 2 rings (SSSR count). The van der Waals surface area contributed by atoms with Gasteiger partial charge >= 0.3 is 5.97 Å².